The van der Waals surface area contributed by atoms with Crippen LogP contribution in [-0.4, -0.2) is 30.0 Å². The van der Waals surface area contributed by atoms with Crippen LogP contribution in [0.3, 0.4) is 0 Å². The van der Waals surface area contributed by atoms with Crippen LogP contribution in [0.5, 0.6) is 5.75 Å². The summed E-state index contributed by atoms with van der Waals surface area (Å²) in [4.78, 5) is 16.8. The summed E-state index contributed by atoms with van der Waals surface area (Å²) in [6, 6.07) is 11.3. The molecule has 0 spiro atoms. The van der Waals surface area contributed by atoms with Gasteiger partial charge >= 0.3 is 5.97 Å². The third-order valence-corrected chi connectivity index (χ3v) is 9.47. The molecule has 0 N–H and O–H groups in total. The summed E-state index contributed by atoms with van der Waals surface area (Å²) in [6.07, 6.45) is 27.3. The molecular weight excluding hydrogens is 522 g/mol. The molecule has 0 radical (unpaired) electrons. The number of hydrogen-bond acceptors (Lipinski definition) is 4. The van der Waals surface area contributed by atoms with E-state index in [2.05, 4.69) is 60.5 Å². The second kappa shape index (κ2) is 20.9. The van der Waals surface area contributed by atoms with Crippen molar-refractivity contribution in [1.82, 2.24) is 4.90 Å². The summed E-state index contributed by atoms with van der Waals surface area (Å²) < 4.78 is 5.91. The van der Waals surface area contributed by atoms with Crippen molar-refractivity contribution in [1.29, 1.82) is 0 Å². The maximum atomic E-state index is 12.6. The lowest BCUT2D eigenvalue weighted by molar-refractivity contribution is -0.134. The predicted molar refractivity (Wildman–Crippen MR) is 177 cm³/mol. The van der Waals surface area contributed by atoms with Crippen molar-refractivity contribution in [2.75, 3.05) is 13.1 Å². The van der Waals surface area contributed by atoms with Crippen molar-refractivity contribution < 1.29 is 9.53 Å². The van der Waals surface area contributed by atoms with E-state index in [4.69, 9.17) is 4.74 Å². The molecule has 1 aliphatic carbocycles. The van der Waals surface area contributed by atoms with Crippen molar-refractivity contribution in [2.45, 2.75) is 142 Å². The molecule has 0 amide bonds. The van der Waals surface area contributed by atoms with Gasteiger partial charge in [-0.3, -0.25) is 9.69 Å². The summed E-state index contributed by atoms with van der Waals surface area (Å²) in [6.45, 7) is 6.83. The fourth-order valence-corrected chi connectivity index (χ4v) is 6.84. The van der Waals surface area contributed by atoms with Crippen LogP contribution in [0, 0.1) is 0 Å². The van der Waals surface area contributed by atoms with Crippen molar-refractivity contribution in [3.8, 4) is 5.75 Å². The van der Waals surface area contributed by atoms with Crippen LogP contribution in [0.2, 0.25) is 0 Å². The first-order chi connectivity index (χ1) is 20.2. The standard InChI is InChI=1S/C37H57NO2S/c1-3-5-6-7-8-9-10-11-12-13-14-15-16-17-18-24-37(39)40-36-23-19-21-32-31-33(25-26-35(32)36)38(28-4-2)29-27-34-22-20-30-41-34/h11-12,19-23,30,33H,3-10,13-18,24-29,31H2,1-2H3/b12-11-. The monoisotopic (exact) mass is 579 g/mol. The van der Waals surface area contributed by atoms with Crippen LogP contribution in [0.15, 0.2) is 47.9 Å². The highest BCUT2D eigenvalue weighted by atomic mass is 32.1. The molecule has 1 aliphatic rings. The van der Waals surface area contributed by atoms with Gasteiger partial charge in [0.15, 0.2) is 0 Å². The summed E-state index contributed by atoms with van der Waals surface area (Å²) in [5, 5.41) is 2.18. The Labute approximate surface area is 255 Å². The number of fused-ring (bicyclic) bond motifs is 1. The van der Waals surface area contributed by atoms with Crippen LogP contribution in [-0.2, 0) is 24.1 Å². The van der Waals surface area contributed by atoms with Crippen molar-refractivity contribution in [3.05, 3.63) is 63.9 Å². The molecule has 0 fully saturated rings. The molecule has 3 nitrogen and oxygen atoms in total. The average molecular weight is 580 g/mol. The summed E-state index contributed by atoms with van der Waals surface area (Å²) in [7, 11) is 0. The summed E-state index contributed by atoms with van der Waals surface area (Å²) >= 11 is 1.86. The van der Waals surface area contributed by atoms with E-state index in [1.54, 1.807) is 0 Å². The highest BCUT2D eigenvalue weighted by molar-refractivity contribution is 7.09. The van der Waals surface area contributed by atoms with E-state index >= 15 is 0 Å². The van der Waals surface area contributed by atoms with Gasteiger partial charge in [0.05, 0.1) is 0 Å². The second-order valence-electron chi connectivity index (χ2n) is 12.0. The molecule has 1 heterocycles. The molecule has 4 heteroatoms. The van der Waals surface area contributed by atoms with E-state index in [-0.39, 0.29) is 5.97 Å². The van der Waals surface area contributed by atoms with Gasteiger partial charge in [-0.2, -0.15) is 0 Å². The Morgan fingerprint density at radius 3 is 2.32 bits per heavy atom. The number of hydrogen-bond donors (Lipinski definition) is 0. The van der Waals surface area contributed by atoms with Crippen molar-refractivity contribution in [3.63, 3.8) is 0 Å². The number of rotatable bonds is 22. The third kappa shape index (κ3) is 13.3. The predicted octanol–water partition coefficient (Wildman–Crippen LogP) is 10.5. The van der Waals surface area contributed by atoms with Gasteiger partial charge in [0.2, 0.25) is 0 Å². The minimum Gasteiger partial charge on any atom is -0.426 e. The molecule has 1 unspecified atom stereocenters. The first-order valence-electron chi connectivity index (χ1n) is 16.9. The number of nitrogens with zero attached hydrogens (tertiary/aromatic N) is 1. The Bertz CT molecular complexity index is 983. The molecule has 1 atom stereocenters. The number of unbranched alkanes of at least 4 members (excludes halogenated alkanes) is 11. The SMILES string of the molecule is CCCCCCCC/C=C\CCCCCCCC(=O)Oc1cccc2c1CCC(N(CCC)CCc1cccs1)C2. The van der Waals surface area contributed by atoms with E-state index in [9.17, 15) is 4.79 Å². The fraction of sp³-hybridized carbons (Fsp3) is 0.649. The zero-order chi connectivity index (χ0) is 29.0. The zero-order valence-corrected chi connectivity index (χ0v) is 27.0. The Hall–Kier alpha value is -1.91. The lowest BCUT2D eigenvalue weighted by atomic mass is 9.86. The number of carbonyl (C=O) groups is 1. The molecule has 0 bridgehead atoms. The normalized spacial score (nSPS) is 15.0. The molecule has 0 saturated heterocycles. The molecular formula is C37H57NO2S. The number of carbonyl (C=O) groups excluding carboxylic acids is 1. The van der Waals surface area contributed by atoms with Crippen molar-refractivity contribution in [2.24, 2.45) is 0 Å². The minimum atomic E-state index is -0.0679. The van der Waals surface area contributed by atoms with Gasteiger partial charge in [-0.1, -0.05) is 95.6 Å². The van der Waals surface area contributed by atoms with Gasteiger partial charge in [0.1, 0.15) is 5.75 Å². The van der Waals surface area contributed by atoms with Gasteiger partial charge in [0, 0.05) is 23.9 Å². The number of ether oxygens (including phenoxy) is 1. The van der Waals surface area contributed by atoms with Crippen LogP contribution >= 0.6 is 11.3 Å². The molecule has 0 aliphatic heterocycles. The summed E-state index contributed by atoms with van der Waals surface area (Å²) in [5.41, 5.74) is 2.63. The van der Waals surface area contributed by atoms with E-state index in [1.165, 1.54) is 93.1 Å². The smallest absolute Gasteiger partial charge is 0.311 e. The lowest BCUT2D eigenvalue weighted by Gasteiger charge is -2.35. The van der Waals surface area contributed by atoms with Gasteiger partial charge in [-0.25, -0.2) is 0 Å². The lowest BCUT2D eigenvalue weighted by Crippen LogP contribution is -2.41. The van der Waals surface area contributed by atoms with Crippen LogP contribution in [0.1, 0.15) is 133 Å². The van der Waals surface area contributed by atoms with E-state index in [0.29, 0.717) is 12.5 Å². The van der Waals surface area contributed by atoms with Crippen LogP contribution in [0.4, 0.5) is 0 Å². The Kier molecular flexibility index (Phi) is 17.1. The molecule has 228 valence electrons. The molecule has 3 rings (SSSR count). The number of esters is 1. The largest absolute Gasteiger partial charge is 0.426 e. The first kappa shape index (κ1) is 33.6. The fourth-order valence-electron chi connectivity index (χ4n) is 6.15. The third-order valence-electron chi connectivity index (χ3n) is 8.53. The maximum absolute atomic E-state index is 12.6. The molecule has 2 aromatic rings. The number of thiophene rings is 1. The Balaban J connectivity index is 1.29. The number of allylic oxidation sites excluding steroid dienone is 2. The maximum Gasteiger partial charge on any atom is 0.311 e. The summed E-state index contributed by atoms with van der Waals surface area (Å²) in [5.74, 6) is 0.737. The zero-order valence-electron chi connectivity index (χ0n) is 26.2. The highest BCUT2D eigenvalue weighted by Gasteiger charge is 2.26. The van der Waals surface area contributed by atoms with E-state index in [0.717, 1.165) is 57.4 Å². The van der Waals surface area contributed by atoms with Crippen molar-refractivity contribution >= 4 is 17.3 Å². The molecule has 1 aromatic heterocycles. The van der Waals surface area contributed by atoms with Crippen LogP contribution < -0.4 is 4.74 Å². The van der Waals surface area contributed by atoms with E-state index in [1.807, 2.05) is 17.4 Å². The second-order valence-corrected chi connectivity index (χ2v) is 13.0. The topological polar surface area (TPSA) is 29.5 Å². The number of benzene rings is 1. The Morgan fingerprint density at radius 1 is 0.878 bits per heavy atom. The molecule has 0 saturated carbocycles. The van der Waals surface area contributed by atoms with Crippen LogP contribution in [0.25, 0.3) is 0 Å². The van der Waals surface area contributed by atoms with Gasteiger partial charge in [-0.05, 0) is 99.4 Å². The first-order valence-corrected chi connectivity index (χ1v) is 17.8. The molecule has 1 aromatic carbocycles. The van der Waals surface area contributed by atoms with Gasteiger partial charge < -0.3 is 4.74 Å². The van der Waals surface area contributed by atoms with Gasteiger partial charge in [0.25, 0.3) is 0 Å². The highest BCUT2D eigenvalue weighted by Crippen LogP contribution is 2.32. The van der Waals surface area contributed by atoms with Gasteiger partial charge in [-0.15, -0.1) is 11.3 Å². The molecule has 41 heavy (non-hydrogen) atoms. The van der Waals surface area contributed by atoms with E-state index < -0.39 is 0 Å². The Morgan fingerprint density at radius 2 is 1.61 bits per heavy atom. The average Bonchev–Trinajstić information content (AvgIpc) is 3.51. The quantitative estimate of drug-likeness (QED) is 0.0601. The minimum absolute atomic E-state index is 0.0679.